The molecular weight excluding hydrogens is 484 g/mol. The van der Waals surface area contributed by atoms with E-state index >= 15 is 0 Å². The summed E-state index contributed by atoms with van der Waals surface area (Å²) in [6.45, 7) is 7.48. The Labute approximate surface area is 229 Å². The molecule has 0 N–H and O–H groups in total. The van der Waals surface area contributed by atoms with Crippen molar-refractivity contribution in [3.63, 3.8) is 0 Å². The molecule has 0 bridgehead atoms. The number of nitrogens with zero attached hydrogens (tertiary/aromatic N) is 2. The van der Waals surface area contributed by atoms with Gasteiger partial charge in [0.25, 0.3) is 0 Å². The van der Waals surface area contributed by atoms with Gasteiger partial charge in [0.1, 0.15) is 5.75 Å². The summed E-state index contributed by atoms with van der Waals surface area (Å²) in [7, 11) is 2.06. The van der Waals surface area contributed by atoms with Crippen LogP contribution in [0, 0.1) is 6.92 Å². The summed E-state index contributed by atoms with van der Waals surface area (Å²) >= 11 is 0. The average molecular weight is 517 g/mol. The molecule has 4 aromatic carbocycles. The molecule has 0 saturated carbocycles. The summed E-state index contributed by atoms with van der Waals surface area (Å²) in [5, 5.41) is 1.05. The predicted molar refractivity (Wildman–Crippen MR) is 156 cm³/mol. The zero-order chi connectivity index (χ0) is 27.1. The lowest BCUT2D eigenvalue weighted by atomic mass is 9.78. The fourth-order valence-corrected chi connectivity index (χ4v) is 6.07. The third-order valence-corrected chi connectivity index (χ3v) is 7.86. The van der Waals surface area contributed by atoms with Gasteiger partial charge in [0, 0.05) is 64.3 Å². The third kappa shape index (κ3) is 3.72. The summed E-state index contributed by atoms with van der Waals surface area (Å²) in [6, 6.07) is 32.6. The molecule has 0 amide bonds. The fraction of sp³-hybridized carbons (Fsp3) is 0.206. The van der Waals surface area contributed by atoms with Crippen molar-refractivity contribution in [2.45, 2.75) is 26.4 Å². The highest BCUT2D eigenvalue weighted by Gasteiger charge is 2.52. The lowest BCUT2D eigenvalue weighted by Gasteiger charge is -2.33. The number of hydrogen-bond acceptors (Lipinski definition) is 4. The van der Waals surface area contributed by atoms with E-state index in [1.165, 1.54) is 0 Å². The van der Waals surface area contributed by atoms with Crippen LogP contribution in [0.5, 0.6) is 5.75 Å². The number of aryl methyl sites for hydroxylation is 1. The minimum atomic E-state index is -1.16. The van der Waals surface area contributed by atoms with Crippen LogP contribution in [0.2, 0.25) is 0 Å². The van der Waals surface area contributed by atoms with Crippen molar-refractivity contribution in [1.82, 2.24) is 4.57 Å². The highest BCUT2D eigenvalue weighted by atomic mass is 16.6. The van der Waals surface area contributed by atoms with Crippen molar-refractivity contribution in [3.05, 3.63) is 125 Å². The van der Waals surface area contributed by atoms with Gasteiger partial charge >= 0.3 is 5.97 Å². The number of carbonyl (C=O) groups excluding carboxylic acids is 1. The van der Waals surface area contributed by atoms with E-state index in [0.29, 0.717) is 17.9 Å². The first kappa shape index (κ1) is 24.8. The Kier molecular flexibility index (Phi) is 6.15. The third-order valence-electron chi connectivity index (χ3n) is 7.86. The van der Waals surface area contributed by atoms with Crippen molar-refractivity contribution >= 4 is 28.2 Å². The van der Waals surface area contributed by atoms with Gasteiger partial charge in [-0.05, 0) is 57.2 Å². The smallest absolute Gasteiger partial charge is 0.340 e. The molecule has 2 heterocycles. The molecule has 1 aliphatic rings. The molecule has 0 saturated heterocycles. The number of anilines is 2. The van der Waals surface area contributed by atoms with E-state index in [-0.39, 0.29) is 5.97 Å². The molecule has 5 nitrogen and oxygen atoms in total. The van der Waals surface area contributed by atoms with E-state index < -0.39 is 5.60 Å². The van der Waals surface area contributed by atoms with Crippen LogP contribution in [0.3, 0.4) is 0 Å². The van der Waals surface area contributed by atoms with Gasteiger partial charge in [-0.15, -0.1) is 0 Å². The summed E-state index contributed by atoms with van der Waals surface area (Å²) in [4.78, 5) is 15.7. The van der Waals surface area contributed by atoms with Crippen LogP contribution in [0.1, 0.15) is 46.6 Å². The minimum absolute atomic E-state index is 0.330. The van der Waals surface area contributed by atoms with E-state index in [1.807, 2.05) is 61.5 Å². The quantitative estimate of drug-likeness (QED) is 0.210. The topological polar surface area (TPSA) is 43.7 Å². The Morgan fingerprint density at radius 1 is 0.846 bits per heavy atom. The summed E-state index contributed by atoms with van der Waals surface area (Å²) in [6.07, 6.45) is 0. The van der Waals surface area contributed by atoms with Crippen LogP contribution in [-0.4, -0.2) is 23.7 Å². The van der Waals surface area contributed by atoms with Gasteiger partial charge in [0.15, 0.2) is 5.60 Å². The molecule has 0 fully saturated rings. The minimum Gasteiger partial charge on any atom is -0.493 e. The Morgan fingerprint density at radius 2 is 1.56 bits per heavy atom. The highest BCUT2D eigenvalue weighted by molar-refractivity contribution is 5.99. The van der Waals surface area contributed by atoms with Gasteiger partial charge in [0.05, 0.1) is 12.2 Å². The predicted octanol–water partition coefficient (Wildman–Crippen LogP) is 7.51. The second kappa shape index (κ2) is 9.66. The monoisotopic (exact) mass is 516 g/mol. The average Bonchev–Trinajstić information content (AvgIpc) is 3.41. The number of benzene rings is 4. The van der Waals surface area contributed by atoms with Gasteiger partial charge in [-0.1, -0.05) is 54.6 Å². The molecule has 39 heavy (non-hydrogen) atoms. The van der Waals surface area contributed by atoms with Crippen LogP contribution in [0.15, 0.2) is 97.1 Å². The van der Waals surface area contributed by atoms with Crippen LogP contribution >= 0.6 is 0 Å². The highest BCUT2D eigenvalue weighted by Crippen LogP contribution is 2.53. The number of esters is 1. The van der Waals surface area contributed by atoms with Gasteiger partial charge in [0.2, 0.25) is 0 Å². The normalized spacial score (nSPS) is 16.3. The maximum absolute atomic E-state index is 13.5. The molecule has 1 unspecified atom stereocenters. The van der Waals surface area contributed by atoms with Crippen molar-refractivity contribution < 1.29 is 14.3 Å². The molecule has 1 aromatic heterocycles. The molecule has 196 valence electrons. The lowest BCUT2D eigenvalue weighted by molar-refractivity contribution is 0.0246. The zero-order valence-corrected chi connectivity index (χ0v) is 22.8. The number of fused-ring (bicyclic) bond motifs is 2. The first-order valence-electron chi connectivity index (χ1n) is 13.5. The second-order valence-corrected chi connectivity index (χ2v) is 9.85. The summed E-state index contributed by atoms with van der Waals surface area (Å²) in [5.41, 5.74) is 6.26. The first-order valence-corrected chi connectivity index (χ1v) is 13.5. The van der Waals surface area contributed by atoms with Crippen LogP contribution < -0.4 is 9.64 Å². The summed E-state index contributed by atoms with van der Waals surface area (Å²) in [5.74, 6) is 0.366. The molecule has 1 atom stereocenters. The molecule has 0 radical (unpaired) electrons. The lowest BCUT2D eigenvalue weighted by Crippen LogP contribution is -2.31. The van der Waals surface area contributed by atoms with Crippen molar-refractivity contribution in [1.29, 1.82) is 0 Å². The number of rotatable bonds is 7. The van der Waals surface area contributed by atoms with Crippen LogP contribution in [0.4, 0.5) is 11.4 Å². The van der Waals surface area contributed by atoms with Crippen molar-refractivity contribution in [2.75, 3.05) is 18.1 Å². The number of carbonyl (C=O) groups is 1. The first-order chi connectivity index (χ1) is 19.0. The maximum atomic E-state index is 13.5. The van der Waals surface area contributed by atoms with Gasteiger partial charge in [-0.3, -0.25) is 0 Å². The van der Waals surface area contributed by atoms with Crippen LogP contribution in [0.25, 0.3) is 10.9 Å². The van der Waals surface area contributed by atoms with E-state index in [9.17, 15) is 4.79 Å². The van der Waals surface area contributed by atoms with Crippen molar-refractivity contribution in [3.8, 4) is 5.75 Å². The number of aromatic nitrogens is 1. The zero-order valence-electron chi connectivity index (χ0n) is 22.8. The van der Waals surface area contributed by atoms with E-state index in [4.69, 9.17) is 9.47 Å². The van der Waals surface area contributed by atoms with Gasteiger partial charge in [-0.25, -0.2) is 4.79 Å². The molecule has 0 spiro atoms. The Hall–Kier alpha value is -4.51. The molecule has 6 rings (SSSR count). The Morgan fingerprint density at radius 3 is 2.33 bits per heavy atom. The number of cyclic esters (lactones) is 1. The standard InChI is InChI=1S/C34H32N2O3/c1-5-36(24-14-8-7-9-15-24)25-20-21-29(31(22-25)38-6-2)34(28-18-12-10-16-26(28)33(37)39-34)32-23(3)35(4)30-19-13-11-17-27(30)32/h7-22H,5-6H2,1-4H3. The largest absolute Gasteiger partial charge is 0.493 e. The number of ether oxygens (including phenoxy) is 2. The maximum Gasteiger partial charge on any atom is 0.340 e. The Balaban J connectivity index is 1.66. The number of para-hydroxylation sites is 2. The molecule has 5 aromatic rings. The SMILES string of the molecule is CCOc1cc(N(CC)c2ccccc2)ccc1C1(c2c(C)n(C)c3ccccc23)OC(=O)c2ccccc21. The molecule has 5 heteroatoms. The van der Waals surface area contributed by atoms with Crippen molar-refractivity contribution in [2.24, 2.45) is 7.05 Å². The van der Waals surface area contributed by atoms with Gasteiger partial charge in [-0.2, -0.15) is 0 Å². The van der Waals surface area contributed by atoms with Gasteiger partial charge < -0.3 is 18.9 Å². The van der Waals surface area contributed by atoms with E-state index in [0.717, 1.165) is 51.2 Å². The van der Waals surface area contributed by atoms with E-state index in [2.05, 4.69) is 72.8 Å². The number of hydrogen-bond donors (Lipinski definition) is 0. The molecule has 0 aliphatic carbocycles. The second-order valence-electron chi connectivity index (χ2n) is 9.85. The molecular formula is C34H32N2O3. The fourth-order valence-electron chi connectivity index (χ4n) is 6.07. The Bertz CT molecular complexity index is 1690. The summed E-state index contributed by atoms with van der Waals surface area (Å²) < 4.78 is 15.1. The van der Waals surface area contributed by atoms with E-state index in [1.54, 1.807) is 0 Å². The molecule has 1 aliphatic heterocycles. The van der Waals surface area contributed by atoms with Crippen LogP contribution in [-0.2, 0) is 17.4 Å².